The van der Waals surface area contributed by atoms with E-state index in [4.69, 9.17) is 10.5 Å². The van der Waals surface area contributed by atoms with Crippen molar-refractivity contribution in [1.82, 2.24) is 5.06 Å². The lowest BCUT2D eigenvalue weighted by Crippen LogP contribution is -2.43. The highest BCUT2D eigenvalue weighted by Crippen LogP contribution is 1.89. The highest BCUT2D eigenvalue weighted by Gasteiger charge is 2.17. The maximum absolute atomic E-state index is 11.1. The molecule has 0 aromatic heterocycles. The minimum absolute atomic E-state index is 0.201. The predicted octanol–water partition coefficient (Wildman–Crippen LogP) is -1.02. The van der Waals surface area contributed by atoms with Crippen molar-refractivity contribution < 1.29 is 14.4 Å². The number of methoxy groups -OCH3 is 1. The number of hydrogen-bond acceptors (Lipinski definition) is 4. The van der Waals surface area contributed by atoms with Crippen LogP contribution >= 0.6 is 0 Å². The highest BCUT2D eigenvalue weighted by atomic mass is 16.7. The van der Waals surface area contributed by atoms with Gasteiger partial charge in [0.25, 0.3) is 5.91 Å². The molecule has 2 N–H and O–H groups in total. The summed E-state index contributed by atoms with van der Waals surface area (Å²) in [5.74, 6) is -0.297. The lowest BCUT2D eigenvalue weighted by Gasteiger charge is -2.17. The number of nitrogens with two attached hydrogens (primary N) is 1. The van der Waals surface area contributed by atoms with Crippen LogP contribution in [-0.4, -0.2) is 44.9 Å². The van der Waals surface area contributed by atoms with E-state index in [0.717, 1.165) is 5.06 Å². The molecular formula is C6H14N2O3. The van der Waals surface area contributed by atoms with E-state index in [1.807, 2.05) is 0 Å². The molecule has 0 unspecified atom stereocenters. The van der Waals surface area contributed by atoms with Crippen LogP contribution in [0.2, 0.25) is 0 Å². The Hall–Kier alpha value is -0.650. The average Bonchev–Trinajstić information content (AvgIpc) is 2.02. The van der Waals surface area contributed by atoms with Crippen LogP contribution in [0.1, 0.15) is 0 Å². The van der Waals surface area contributed by atoms with Gasteiger partial charge in [0, 0.05) is 14.2 Å². The van der Waals surface area contributed by atoms with E-state index in [1.54, 1.807) is 0 Å². The molecule has 1 atom stereocenters. The van der Waals surface area contributed by atoms with Crippen molar-refractivity contribution in [1.29, 1.82) is 0 Å². The number of likely N-dealkylation sites (N-methyl/N-ethyl adjacent to an activating group) is 1. The zero-order valence-corrected chi connectivity index (χ0v) is 7.03. The quantitative estimate of drug-likeness (QED) is 0.537. The number of rotatable bonds is 4. The fourth-order valence-corrected chi connectivity index (χ4v) is 0.574. The van der Waals surface area contributed by atoms with Crippen molar-refractivity contribution in [3.8, 4) is 0 Å². The SMILES string of the molecule is COC[C@@H](N)C(=O)N(C)OC. The molecule has 0 heterocycles. The van der Waals surface area contributed by atoms with Crippen LogP contribution < -0.4 is 5.73 Å². The Morgan fingerprint density at radius 3 is 2.55 bits per heavy atom. The zero-order valence-electron chi connectivity index (χ0n) is 7.03. The number of hydroxylamine groups is 2. The van der Waals surface area contributed by atoms with Gasteiger partial charge in [0.15, 0.2) is 0 Å². The molecule has 0 radical (unpaired) electrons. The molecule has 0 rings (SSSR count). The smallest absolute Gasteiger partial charge is 0.265 e. The fraction of sp³-hybridized carbons (Fsp3) is 0.833. The standard InChI is InChI=1S/C6H14N2O3/c1-8(11-3)6(9)5(7)4-10-2/h5H,4,7H2,1-3H3/t5-/m1/s1. The van der Waals surface area contributed by atoms with Gasteiger partial charge in [-0.25, -0.2) is 5.06 Å². The van der Waals surface area contributed by atoms with Crippen LogP contribution in [0.3, 0.4) is 0 Å². The summed E-state index contributed by atoms with van der Waals surface area (Å²) in [7, 11) is 4.38. The Morgan fingerprint density at radius 2 is 2.18 bits per heavy atom. The molecule has 0 saturated carbocycles. The fourth-order valence-electron chi connectivity index (χ4n) is 0.574. The van der Waals surface area contributed by atoms with Crippen molar-refractivity contribution in [3.63, 3.8) is 0 Å². The minimum atomic E-state index is -0.648. The van der Waals surface area contributed by atoms with Crippen molar-refractivity contribution in [2.45, 2.75) is 6.04 Å². The van der Waals surface area contributed by atoms with Crippen molar-refractivity contribution >= 4 is 5.91 Å². The van der Waals surface area contributed by atoms with Crippen molar-refractivity contribution in [2.24, 2.45) is 5.73 Å². The summed E-state index contributed by atoms with van der Waals surface area (Å²) in [6.07, 6.45) is 0. The summed E-state index contributed by atoms with van der Waals surface area (Å²) < 4.78 is 4.69. The van der Waals surface area contributed by atoms with Gasteiger partial charge in [0.1, 0.15) is 6.04 Å². The van der Waals surface area contributed by atoms with Gasteiger partial charge in [0.05, 0.1) is 13.7 Å². The second-order valence-corrected chi connectivity index (χ2v) is 2.08. The van der Waals surface area contributed by atoms with E-state index in [2.05, 4.69) is 4.84 Å². The molecule has 0 spiro atoms. The van der Waals surface area contributed by atoms with E-state index in [9.17, 15) is 4.79 Å². The predicted molar refractivity (Wildman–Crippen MR) is 39.6 cm³/mol. The molecule has 5 nitrogen and oxygen atoms in total. The van der Waals surface area contributed by atoms with Gasteiger partial charge in [0.2, 0.25) is 0 Å². The summed E-state index contributed by atoms with van der Waals surface area (Å²) in [5, 5.41) is 1.07. The molecule has 0 aliphatic carbocycles. The van der Waals surface area contributed by atoms with Crippen LogP contribution in [0.4, 0.5) is 0 Å². The Labute approximate surface area is 66.0 Å². The third-order valence-corrected chi connectivity index (χ3v) is 1.25. The monoisotopic (exact) mass is 162 g/mol. The van der Waals surface area contributed by atoms with Crippen LogP contribution in [-0.2, 0) is 14.4 Å². The van der Waals surface area contributed by atoms with Gasteiger partial charge in [-0.3, -0.25) is 9.63 Å². The maximum Gasteiger partial charge on any atom is 0.265 e. The Balaban J connectivity index is 3.81. The molecule has 0 aromatic rings. The van der Waals surface area contributed by atoms with Gasteiger partial charge in [-0.2, -0.15) is 0 Å². The van der Waals surface area contributed by atoms with Crippen LogP contribution in [0, 0.1) is 0 Å². The van der Waals surface area contributed by atoms with E-state index in [0.29, 0.717) is 0 Å². The number of nitrogens with zero attached hydrogens (tertiary/aromatic N) is 1. The number of carbonyl (C=O) groups is 1. The summed E-state index contributed by atoms with van der Waals surface area (Å²) in [4.78, 5) is 15.7. The zero-order chi connectivity index (χ0) is 8.85. The molecule has 0 aliphatic heterocycles. The first-order chi connectivity index (χ1) is 5.13. The maximum atomic E-state index is 11.1. The Bertz CT molecular complexity index is 129. The van der Waals surface area contributed by atoms with E-state index in [1.165, 1.54) is 21.3 Å². The second-order valence-electron chi connectivity index (χ2n) is 2.08. The van der Waals surface area contributed by atoms with E-state index < -0.39 is 6.04 Å². The van der Waals surface area contributed by atoms with Crippen molar-refractivity contribution in [3.05, 3.63) is 0 Å². The van der Waals surface area contributed by atoms with E-state index >= 15 is 0 Å². The summed E-state index contributed by atoms with van der Waals surface area (Å²) >= 11 is 0. The van der Waals surface area contributed by atoms with Crippen molar-refractivity contribution in [2.75, 3.05) is 27.9 Å². The molecule has 11 heavy (non-hydrogen) atoms. The average molecular weight is 162 g/mol. The number of ether oxygens (including phenoxy) is 1. The topological polar surface area (TPSA) is 64.8 Å². The molecule has 0 bridgehead atoms. The van der Waals surface area contributed by atoms with Crippen LogP contribution in [0.5, 0.6) is 0 Å². The van der Waals surface area contributed by atoms with Crippen LogP contribution in [0.25, 0.3) is 0 Å². The van der Waals surface area contributed by atoms with Crippen LogP contribution in [0.15, 0.2) is 0 Å². The molecule has 1 amide bonds. The molecule has 0 aliphatic rings. The molecule has 0 aromatic carbocycles. The Kier molecular flexibility index (Phi) is 4.76. The first-order valence-corrected chi connectivity index (χ1v) is 3.19. The number of amides is 1. The normalized spacial score (nSPS) is 12.7. The molecule has 0 saturated heterocycles. The number of hydrogen-bond donors (Lipinski definition) is 1. The third-order valence-electron chi connectivity index (χ3n) is 1.25. The lowest BCUT2D eigenvalue weighted by atomic mass is 10.3. The molecule has 5 heteroatoms. The Morgan fingerprint density at radius 1 is 1.64 bits per heavy atom. The van der Waals surface area contributed by atoms with Gasteiger partial charge in [-0.1, -0.05) is 0 Å². The molecule has 0 fully saturated rings. The highest BCUT2D eigenvalue weighted by molar-refractivity contribution is 5.80. The van der Waals surface area contributed by atoms with E-state index in [-0.39, 0.29) is 12.5 Å². The summed E-state index contributed by atoms with van der Waals surface area (Å²) in [6, 6.07) is -0.648. The van der Waals surface area contributed by atoms with Gasteiger partial charge in [-0.05, 0) is 0 Å². The van der Waals surface area contributed by atoms with Gasteiger partial charge < -0.3 is 10.5 Å². The second kappa shape index (κ2) is 5.06. The summed E-state index contributed by atoms with van der Waals surface area (Å²) in [5.41, 5.74) is 5.41. The largest absolute Gasteiger partial charge is 0.383 e. The van der Waals surface area contributed by atoms with Gasteiger partial charge >= 0.3 is 0 Å². The third kappa shape index (κ3) is 3.31. The first kappa shape index (κ1) is 10.3. The molecule has 66 valence electrons. The molecular weight excluding hydrogens is 148 g/mol. The van der Waals surface area contributed by atoms with Gasteiger partial charge in [-0.15, -0.1) is 0 Å². The first-order valence-electron chi connectivity index (χ1n) is 3.19. The lowest BCUT2D eigenvalue weighted by molar-refractivity contribution is -0.171. The number of carbonyl (C=O) groups excluding carboxylic acids is 1. The summed E-state index contributed by atoms with van der Waals surface area (Å²) in [6.45, 7) is 0.201. The minimum Gasteiger partial charge on any atom is -0.383 e.